The van der Waals surface area contributed by atoms with Crippen molar-refractivity contribution in [2.24, 2.45) is 0 Å². The molecule has 0 amide bonds. The van der Waals surface area contributed by atoms with Crippen LogP contribution in [0.15, 0.2) is 48.7 Å². The number of likely N-dealkylation sites (tertiary alicyclic amines) is 2. The quantitative estimate of drug-likeness (QED) is 0.898. The molecule has 4 heteroatoms. The minimum Gasteiger partial charge on any atom is -0.387 e. The van der Waals surface area contributed by atoms with E-state index in [2.05, 4.69) is 39.0 Å². The van der Waals surface area contributed by atoms with Crippen LogP contribution < -0.4 is 0 Å². The molecule has 0 spiro atoms. The van der Waals surface area contributed by atoms with Crippen LogP contribution in [-0.4, -0.2) is 58.2 Å². The van der Waals surface area contributed by atoms with Crippen molar-refractivity contribution in [3.63, 3.8) is 0 Å². The maximum atomic E-state index is 11.0. The zero-order valence-corrected chi connectivity index (χ0v) is 15.5. The molecule has 4 rings (SSSR count). The zero-order chi connectivity index (χ0) is 17.8. The van der Waals surface area contributed by atoms with Crippen LogP contribution in [0.2, 0.25) is 0 Å². The molecule has 3 heterocycles. The van der Waals surface area contributed by atoms with Gasteiger partial charge in [0, 0.05) is 37.9 Å². The van der Waals surface area contributed by atoms with E-state index in [1.54, 1.807) is 0 Å². The van der Waals surface area contributed by atoms with Crippen molar-refractivity contribution in [2.45, 2.75) is 37.8 Å². The summed E-state index contributed by atoms with van der Waals surface area (Å²) in [5, 5.41) is 11.0. The number of aliphatic hydroxyl groups is 1. The molecule has 4 nitrogen and oxygen atoms in total. The molecule has 1 aromatic carbocycles. The minimum absolute atomic E-state index is 0.536. The lowest BCUT2D eigenvalue weighted by molar-refractivity contribution is 0.00635. The number of pyridine rings is 1. The van der Waals surface area contributed by atoms with Gasteiger partial charge >= 0.3 is 0 Å². The first-order valence-corrected chi connectivity index (χ1v) is 9.88. The van der Waals surface area contributed by atoms with Crippen LogP contribution in [0, 0.1) is 0 Å². The maximum absolute atomic E-state index is 11.0. The predicted octanol–water partition coefficient (Wildman–Crippen LogP) is 3.17. The molecule has 2 fully saturated rings. The van der Waals surface area contributed by atoms with Crippen molar-refractivity contribution in [1.29, 1.82) is 0 Å². The van der Waals surface area contributed by atoms with Crippen LogP contribution in [0.3, 0.4) is 0 Å². The summed E-state index contributed by atoms with van der Waals surface area (Å²) in [5.41, 5.74) is 2.92. The van der Waals surface area contributed by atoms with Gasteiger partial charge in [-0.3, -0.25) is 9.88 Å². The van der Waals surface area contributed by atoms with E-state index in [4.69, 9.17) is 0 Å². The lowest BCUT2D eigenvalue weighted by atomic mass is 10.0. The fourth-order valence-corrected chi connectivity index (χ4v) is 4.31. The van der Waals surface area contributed by atoms with Gasteiger partial charge in [-0.05, 0) is 50.0 Å². The molecule has 1 aromatic heterocycles. The molecule has 1 atom stereocenters. The molecule has 2 aliphatic rings. The third kappa shape index (κ3) is 4.32. The summed E-state index contributed by atoms with van der Waals surface area (Å²) in [6, 6.07) is 14.7. The lowest BCUT2D eigenvalue weighted by Crippen LogP contribution is -2.46. The molecule has 0 radical (unpaired) electrons. The van der Waals surface area contributed by atoms with Gasteiger partial charge in [0.15, 0.2) is 0 Å². The highest BCUT2D eigenvalue weighted by atomic mass is 16.3. The first-order valence-electron chi connectivity index (χ1n) is 9.88. The third-order valence-electron chi connectivity index (χ3n) is 5.70. The Balaban J connectivity index is 1.33. The maximum Gasteiger partial charge on any atom is 0.0912 e. The number of piperidine rings is 1. The van der Waals surface area contributed by atoms with E-state index in [0.29, 0.717) is 0 Å². The second kappa shape index (κ2) is 7.87. The molecular formula is C22H29N3O. The Morgan fingerprint density at radius 3 is 2.46 bits per heavy atom. The van der Waals surface area contributed by atoms with Gasteiger partial charge in [0.25, 0.3) is 0 Å². The Morgan fingerprint density at radius 2 is 1.73 bits per heavy atom. The molecule has 2 saturated heterocycles. The predicted molar refractivity (Wildman–Crippen MR) is 105 cm³/mol. The summed E-state index contributed by atoms with van der Waals surface area (Å²) in [6.45, 7) is 5.80. The van der Waals surface area contributed by atoms with Gasteiger partial charge in [-0.1, -0.05) is 36.8 Å². The summed E-state index contributed by atoms with van der Waals surface area (Å²) in [5.74, 6) is 0. The average Bonchev–Trinajstić information content (AvgIpc) is 3.04. The van der Waals surface area contributed by atoms with Crippen molar-refractivity contribution >= 4 is 0 Å². The fourth-order valence-electron chi connectivity index (χ4n) is 4.31. The topological polar surface area (TPSA) is 39.6 Å². The lowest BCUT2D eigenvalue weighted by Gasteiger charge is -2.33. The highest BCUT2D eigenvalue weighted by Gasteiger charge is 2.37. The first kappa shape index (κ1) is 17.7. The zero-order valence-electron chi connectivity index (χ0n) is 15.5. The van der Waals surface area contributed by atoms with Crippen LogP contribution in [0.4, 0.5) is 0 Å². The molecule has 2 aromatic rings. The molecule has 26 heavy (non-hydrogen) atoms. The second-order valence-corrected chi connectivity index (χ2v) is 7.93. The highest BCUT2D eigenvalue weighted by Crippen LogP contribution is 2.26. The summed E-state index contributed by atoms with van der Waals surface area (Å²) in [6.07, 6.45) is 6.62. The van der Waals surface area contributed by atoms with Crippen LogP contribution in [0.5, 0.6) is 0 Å². The Labute approximate surface area is 156 Å². The van der Waals surface area contributed by atoms with Crippen LogP contribution in [0.1, 0.15) is 31.2 Å². The molecule has 2 aliphatic heterocycles. The smallest absolute Gasteiger partial charge is 0.0912 e. The van der Waals surface area contributed by atoms with E-state index >= 15 is 0 Å². The van der Waals surface area contributed by atoms with Gasteiger partial charge < -0.3 is 10.0 Å². The summed E-state index contributed by atoms with van der Waals surface area (Å²) in [7, 11) is 0. The van der Waals surface area contributed by atoms with Gasteiger partial charge in [0.1, 0.15) is 0 Å². The standard InChI is InChI=1S/C22H29N3O/c26-22(17-24-13-4-1-5-14-24)11-15-25(18-22)16-19-7-9-20(10-8-19)21-6-2-3-12-23-21/h2-3,6-10,12,26H,1,4-5,11,13-18H2/t22-/m1/s1. The minimum atomic E-state index is -0.536. The number of benzene rings is 1. The Morgan fingerprint density at radius 1 is 0.923 bits per heavy atom. The van der Waals surface area contributed by atoms with E-state index in [9.17, 15) is 5.11 Å². The summed E-state index contributed by atoms with van der Waals surface area (Å²) < 4.78 is 0. The van der Waals surface area contributed by atoms with Crippen molar-refractivity contribution in [3.8, 4) is 11.3 Å². The monoisotopic (exact) mass is 351 g/mol. The third-order valence-corrected chi connectivity index (χ3v) is 5.70. The van der Waals surface area contributed by atoms with E-state index in [0.717, 1.165) is 56.9 Å². The SMILES string of the molecule is O[C@@]1(CN2CCCCC2)CCN(Cc2ccc(-c3ccccn3)cc2)C1. The molecule has 138 valence electrons. The second-order valence-electron chi connectivity index (χ2n) is 7.93. The van der Waals surface area contributed by atoms with Crippen molar-refractivity contribution in [1.82, 2.24) is 14.8 Å². The van der Waals surface area contributed by atoms with Crippen LogP contribution in [-0.2, 0) is 6.54 Å². The fraction of sp³-hybridized carbons (Fsp3) is 0.500. The van der Waals surface area contributed by atoms with Crippen molar-refractivity contribution in [2.75, 3.05) is 32.7 Å². The van der Waals surface area contributed by atoms with Gasteiger partial charge in [-0.2, -0.15) is 0 Å². The molecule has 0 unspecified atom stereocenters. The van der Waals surface area contributed by atoms with Gasteiger partial charge in [-0.15, -0.1) is 0 Å². The average molecular weight is 351 g/mol. The highest BCUT2D eigenvalue weighted by molar-refractivity contribution is 5.58. The largest absolute Gasteiger partial charge is 0.387 e. The van der Waals surface area contributed by atoms with E-state index in [-0.39, 0.29) is 0 Å². The normalized spacial score (nSPS) is 24.8. The van der Waals surface area contributed by atoms with Crippen molar-refractivity contribution < 1.29 is 5.11 Å². The number of aromatic nitrogens is 1. The van der Waals surface area contributed by atoms with Gasteiger partial charge in [-0.25, -0.2) is 0 Å². The Hall–Kier alpha value is -1.75. The number of β-amino-alcohol motifs (C(OH)–C–C–N with tert-alkyl or cyclic N) is 1. The molecule has 0 saturated carbocycles. The Bertz CT molecular complexity index is 697. The number of hydrogen-bond acceptors (Lipinski definition) is 4. The first-order chi connectivity index (χ1) is 12.7. The van der Waals surface area contributed by atoms with E-state index < -0.39 is 5.60 Å². The number of rotatable bonds is 5. The van der Waals surface area contributed by atoms with Crippen LogP contribution >= 0.6 is 0 Å². The van der Waals surface area contributed by atoms with Crippen LogP contribution in [0.25, 0.3) is 11.3 Å². The summed E-state index contributed by atoms with van der Waals surface area (Å²) >= 11 is 0. The molecule has 0 aliphatic carbocycles. The molecule has 0 bridgehead atoms. The number of nitrogens with zero attached hydrogens (tertiary/aromatic N) is 3. The summed E-state index contributed by atoms with van der Waals surface area (Å²) in [4.78, 5) is 9.25. The van der Waals surface area contributed by atoms with Crippen molar-refractivity contribution in [3.05, 3.63) is 54.2 Å². The molecular weight excluding hydrogens is 322 g/mol. The van der Waals surface area contributed by atoms with Gasteiger partial charge in [0.05, 0.1) is 11.3 Å². The number of hydrogen-bond donors (Lipinski definition) is 1. The van der Waals surface area contributed by atoms with E-state index in [1.807, 2.05) is 24.4 Å². The van der Waals surface area contributed by atoms with E-state index in [1.165, 1.54) is 24.8 Å². The Kier molecular flexibility index (Phi) is 5.34. The van der Waals surface area contributed by atoms with Gasteiger partial charge in [0.2, 0.25) is 0 Å². The molecule has 1 N–H and O–H groups in total.